The Morgan fingerprint density at radius 1 is 0.565 bits per heavy atom. The molecule has 14 nitrogen and oxygen atoms in total. The van der Waals surface area contributed by atoms with Crippen molar-refractivity contribution in [2.75, 3.05) is 7.11 Å². The number of thiazole rings is 2. The first kappa shape index (κ1) is 58.5. The van der Waals surface area contributed by atoms with Gasteiger partial charge < -0.3 is 28.5 Å². The SMILES string of the molecule is COC(=O)[C@@H](OC(C)(C)C)c1c(C)cc2nc(-c3cnc4c(c3)c(-c3cccnc3)cn4C)sc2c1-c1ccc(Cl)cc1.Cc1cc2nc(-c3cnc4c(c3)c(-c3cccnc3)cn4C)sc2c(-c2ccc(Cl)cc2)c1[C@H](OC(C)(C)C)C(=O)O. The molecule has 85 heavy (non-hydrogen) atoms. The molecule has 0 spiro atoms. The summed E-state index contributed by atoms with van der Waals surface area (Å²) >= 11 is 15.6. The molecule has 4 aromatic carbocycles. The minimum absolute atomic E-state index is 0.459. The molecule has 0 fully saturated rings. The molecule has 12 rings (SSSR count). The van der Waals surface area contributed by atoms with Gasteiger partial charge in [-0.1, -0.05) is 59.6 Å². The Morgan fingerprint density at radius 2 is 0.976 bits per heavy atom. The van der Waals surface area contributed by atoms with Crippen molar-refractivity contribution in [2.45, 2.75) is 78.8 Å². The summed E-state index contributed by atoms with van der Waals surface area (Å²) < 4.78 is 23.6. The average molecular weight is 1210 g/mol. The maximum Gasteiger partial charge on any atom is 0.339 e. The summed E-state index contributed by atoms with van der Waals surface area (Å²) in [6.45, 7) is 15.2. The molecule has 0 aliphatic heterocycles. The molecule has 0 radical (unpaired) electrons. The highest BCUT2D eigenvalue weighted by Gasteiger charge is 2.35. The smallest absolute Gasteiger partial charge is 0.339 e. The maximum atomic E-state index is 13.2. The number of methoxy groups -OCH3 is 1. The van der Waals surface area contributed by atoms with Crippen LogP contribution in [0.1, 0.15) is 76.0 Å². The molecule has 12 aromatic rings. The quantitative estimate of drug-likeness (QED) is 0.115. The van der Waals surface area contributed by atoms with Crippen LogP contribution in [0.2, 0.25) is 10.0 Å². The summed E-state index contributed by atoms with van der Waals surface area (Å²) in [5, 5.41) is 15.2. The second kappa shape index (κ2) is 23.3. The summed E-state index contributed by atoms with van der Waals surface area (Å²) in [5.74, 6) is -1.51. The van der Waals surface area contributed by atoms with Gasteiger partial charge in [0, 0.05) is 140 Å². The highest BCUT2D eigenvalue weighted by molar-refractivity contribution is 7.22. The molecule has 2 atom stereocenters. The highest BCUT2D eigenvalue weighted by atomic mass is 35.5. The van der Waals surface area contributed by atoms with Crippen LogP contribution in [-0.4, -0.2) is 74.4 Å². The van der Waals surface area contributed by atoms with Gasteiger partial charge in [-0.05, 0) is 138 Å². The number of carboxylic acids is 1. The lowest BCUT2D eigenvalue weighted by molar-refractivity contribution is -0.164. The van der Waals surface area contributed by atoms with Gasteiger partial charge in [0.05, 0.1) is 38.7 Å². The minimum Gasteiger partial charge on any atom is -0.479 e. The van der Waals surface area contributed by atoms with Crippen LogP contribution in [0.5, 0.6) is 0 Å². The van der Waals surface area contributed by atoms with Crippen LogP contribution in [0, 0.1) is 13.8 Å². The van der Waals surface area contributed by atoms with Gasteiger partial charge in [0.2, 0.25) is 0 Å². The molecular weight excluding hydrogens is 1150 g/mol. The second-order valence-electron chi connectivity index (χ2n) is 22.8. The fourth-order valence-electron chi connectivity index (χ4n) is 10.7. The van der Waals surface area contributed by atoms with E-state index in [2.05, 4.69) is 34.5 Å². The van der Waals surface area contributed by atoms with Crippen LogP contribution in [0.3, 0.4) is 0 Å². The summed E-state index contributed by atoms with van der Waals surface area (Å²) in [6, 6.07) is 31.2. The van der Waals surface area contributed by atoms with E-state index in [1.54, 1.807) is 23.7 Å². The number of pyridine rings is 4. The minimum atomic E-state index is -1.17. The van der Waals surface area contributed by atoms with Crippen molar-refractivity contribution < 1.29 is 28.9 Å². The summed E-state index contributed by atoms with van der Waals surface area (Å²) in [5.41, 5.74) is 14.4. The Morgan fingerprint density at radius 3 is 1.35 bits per heavy atom. The number of carboxylic acid groups (broad SMARTS) is 1. The molecular formula is C67H60Cl2N8O6S2. The molecule has 430 valence electrons. The first-order chi connectivity index (χ1) is 40.5. The number of aryl methyl sites for hydroxylation is 4. The van der Waals surface area contributed by atoms with E-state index in [0.717, 1.165) is 125 Å². The topological polar surface area (TPSA) is 169 Å². The number of nitrogens with zero attached hydrogens (tertiary/aromatic N) is 8. The standard InChI is InChI=1S/C34H31ClN4O3S.C33H29ClN4O3S/c1-19-14-26-30(28(20-9-11-23(35)12-10-20)27(19)29(33(40)41-6)42-34(2,3)4)43-32(38-26)22-15-24-25(21-8-7-13-36-16-21)18-39(5)31(24)37-17-22;1-18-13-25-29(27(19-8-10-22(34)11-9-19)26(18)28(32(39)40)41-33(2,3)4)42-31(37-25)21-14-23-24(20-7-6-12-35-15-20)17-38(5)30(23)36-16-21/h7-18,29H,1-6H3;6-17,28H,1-5H3,(H,39,40)/t29-;28-/m00/s1. The maximum absolute atomic E-state index is 13.2. The fraction of sp³-hybridized carbons (Fsp3) is 0.224. The summed E-state index contributed by atoms with van der Waals surface area (Å²) in [7, 11) is 5.36. The fourth-order valence-corrected chi connectivity index (χ4v) is 13.1. The lowest BCUT2D eigenvalue weighted by Gasteiger charge is -2.28. The van der Waals surface area contributed by atoms with Crippen LogP contribution < -0.4 is 0 Å². The van der Waals surface area contributed by atoms with E-state index < -0.39 is 35.3 Å². The van der Waals surface area contributed by atoms with Crippen molar-refractivity contribution in [2.24, 2.45) is 14.1 Å². The summed E-state index contributed by atoms with van der Waals surface area (Å²) in [6.07, 6.45) is 13.0. The van der Waals surface area contributed by atoms with Gasteiger partial charge in [0.25, 0.3) is 0 Å². The molecule has 0 aliphatic rings. The number of hydrogen-bond acceptors (Lipinski definition) is 13. The van der Waals surface area contributed by atoms with Crippen LogP contribution in [0.15, 0.2) is 147 Å². The average Bonchev–Trinajstić information content (AvgIpc) is 3.76. The van der Waals surface area contributed by atoms with E-state index in [1.165, 1.54) is 18.4 Å². The Hall–Kier alpha value is -8.22. The predicted molar refractivity (Wildman–Crippen MR) is 342 cm³/mol. The largest absolute Gasteiger partial charge is 0.479 e. The third-order valence-corrected chi connectivity index (χ3v) is 17.1. The first-order valence-corrected chi connectivity index (χ1v) is 29.7. The number of aliphatic carboxylic acids is 1. The van der Waals surface area contributed by atoms with Crippen molar-refractivity contribution in [3.05, 3.63) is 179 Å². The Bertz CT molecular complexity index is 4510. The van der Waals surface area contributed by atoms with Crippen LogP contribution in [0.25, 0.3) is 108 Å². The van der Waals surface area contributed by atoms with Crippen molar-refractivity contribution in [1.82, 2.24) is 39.0 Å². The van der Waals surface area contributed by atoms with E-state index in [9.17, 15) is 14.7 Å². The molecule has 0 unspecified atom stereocenters. The van der Waals surface area contributed by atoms with Crippen molar-refractivity contribution >= 4 is 100 Å². The number of rotatable bonds is 12. The molecule has 1 N–H and O–H groups in total. The predicted octanol–water partition coefficient (Wildman–Crippen LogP) is 17.1. The summed E-state index contributed by atoms with van der Waals surface area (Å²) in [4.78, 5) is 54.2. The van der Waals surface area contributed by atoms with Crippen molar-refractivity contribution in [1.29, 1.82) is 0 Å². The van der Waals surface area contributed by atoms with E-state index in [0.29, 0.717) is 15.6 Å². The molecule has 0 saturated carbocycles. The van der Waals surface area contributed by atoms with Gasteiger partial charge in [-0.15, -0.1) is 22.7 Å². The number of esters is 1. The number of aromatic nitrogens is 8. The van der Waals surface area contributed by atoms with Gasteiger partial charge in [0.15, 0.2) is 12.2 Å². The van der Waals surface area contributed by atoms with Gasteiger partial charge in [0.1, 0.15) is 21.3 Å². The zero-order valence-corrected chi connectivity index (χ0v) is 51.8. The lowest BCUT2D eigenvalue weighted by atomic mass is 9.91. The second-order valence-corrected chi connectivity index (χ2v) is 25.6. The van der Waals surface area contributed by atoms with Crippen LogP contribution in [-0.2, 0) is 37.9 Å². The monoisotopic (exact) mass is 1210 g/mol. The molecule has 0 saturated heterocycles. The number of carbonyl (C=O) groups excluding carboxylic acids is 1. The number of ether oxygens (including phenoxy) is 3. The van der Waals surface area contributed by atoms with Crippen molar-refractivity contribution in [3.63, 3.8) is 0 Å². The Kier molecular flexibility index (Phi) is 16.1. The number of carbonyl (C=O) groups is 2. The van der Waals surface area contributed by atoms with Gasteiger partial charge in [-0.3, -0.25) is 9.97 Å². The zero-order valence-electron chi connectivity index (χ0n) is 48.6. The number of halogens is 2. The molecule has 0 amide bonds. The molecule has 0 aliphatic carbocycles. The molecule has 18 heteroatoms. The van der Waals surface area contributed by atoms with Gasteiger partial charge in [-0.25, -0.2) is 29.5 Å². The Labute approximate surface area is 509 Å². The van der Waals surface area contributed by atoms with E-state index >= 15 is 0 Å². The van der Waals surface area contributed by atoms with E-state index in [1.807, 2.05) is 188 Å². The number of fused-ring (bicyclic) bond motifs is 4. The van der Waals surface area contributed by atoms with Gasteiger partial charge >= 0.3 is 11.9 Å². The third kappa shape index (κ3) is 12.0. The highest BCUT2D eigenvalue weighted by Crippen LogP contribution is 2.47. The molecule has 8 heterocycles. The Balaban J connectivity index is 0.000000177. The molecule has 8 aromatic heterocycles. The number of benzene rings is 4. The zero-order chi connectivity index (χ0) is 60.2. The van der Waals surface area contributed by atoms with Crippen LogP contribution in [0.4, 0.5) is 0 Å². The van der Waals surface area contributed by atoms with Crippen molar-refractivity contribution in [3.8, 4) is 65.6 Å². The van der Waals surface area contributed by atoms with E-state index in [4.69, 9.17) is 57.3 Å². The third-order valence-electron chi connectivity index (χ3n) is 14.3. The number of hydrogen-bond donors (Lipinski definition) is 1. The molecule has 0 bridgehead atoms. The van der Waals surface area contributed by atoms with Crippen LogP contribution >= 0.6 is 45.9 Å². The van der Waals surface area contributed by atoms with E-state index in [-0.39, 0.29) is 0 Å². The normalized spacial score (nSPS) is 12.7. The first-order valence-electron chi connectivity index (χ1n) is 27.3. The van der Waals surface area contributed by atoms with Gasteiger partial charge in [-0.2, -0.15) is 0 Å². The lowest BCUT2D eigenvalue weighted by Crippen LogP contribution is -2.29.